The number of nitrogens with zero attached hydrogens (tertiary/aromatic N) is 2. The van der Waals surface area contributed by atoms with Gasteiger partial charge in [-0.05, 0) is 32.6 Å². The Hall–Kier alpha value is -1.99. The number of aromatic nitrogens is 1. The van der Waals surface area contributed by atoms with Crippen molar-refractivity contribution in [1.29, 1.82) is 0 Å². The molecule has 0 unspecified atom stereocenters. The number of nitro groups is 1. The number of anilines is 1. The van der Waals surface area contributed by atoms with E-state index >= 15 is 0 Å². The molecule has 21 heavy (non-hydrogen) atoms. The minimum Gasteiger partial charge on any atom is -0.365 e. The van der Waals surface area contributed by atoms with Gasteiger partial charge in [0.15, 0.2) is 0 Å². The van der Waals surface area contributed by atoms with E-state index < -0.39 is 4.92 Å². The molecule has 6 nitrogen and oxygen atoms in total. The molecule has 2 heterocycles. The highest BCUT2D eigenvalue weighted by molar-refractivity contribution is 9.10. The van der Waals surface area contributed by atoms with Crippen molar-refractivity contribution in [3.05, 3.63) is 61.7 Å². The molecule has 0 saturated carbocycles. The lowest BCUT2D eigenvalue weighted by molar-refractivity contribution is -0.385. The minimum absolute atomic E-state index is 0.0315. The number of pyridine rings is 1. The lowest BCUT2D eigenvalue weighted by Gasteiger charge is -2.08. The van der Waals surface area contributed by atoms with Crippen molar-refractivity contribution >= 4 is 27.4 Å². The zero-order chi connectivity index (χ0) is 14.8. The molecule has 7 heteroatoms. The van der Waals surface area contributed by atoms with Crippen LogP contribution in [-0.2, 0) is 19.6 Å². The molecular formula is C14H13BrN4O2. The fourth-order valence-electron chi connectivity index (χ4n) is 2.30. The van der Waals surface area contributed by atoms with Crippen molar-refractivity contribution in [3.8, 4) is 0 Å². The van der Waals surface area contributed by atoms with Gasteiger partial charge in [-0.3, -0.25) is 10.1 Å². The molecule has 0 amide bonds. The van der Waals surface area contributed by atoms with Crippen molar-refractivity contribution in [2.75, 3.05) is 5.32 Å². The van der Waals surface area contributed by atoms with Gasteiger partial charge in [0.25, 0.3) is 5.69 Å². The molecule has 108 valence electrons. The summed E-state index contributed by atoms with van der Waals surface area (Å²) in [5, 5.41) is 17.2. The van der Waals surface area contributed by atoms with Crippen LogP contribution in [0, 0.1) is 10.1 Å². The third-order valence-electron chi connectivity index (χ3n) is 3.40. The van der Waals surface area contributed by atoms with Gasteiger partial charge >= 0.3 is 0 Å². The van der Waals surface area contributed by atoms with Crippen LogP contribution in [0.5, 0.6) is 0 Å². The van der Waals surface area contributed by atoms with Gasteiger partial charge in [-0.15, -0.1) is 0 Å². The van der Waals surface area contributed by atoms with Crippen LogP contribution in [0.4, 0.5) is 11.5 Å². The van der Waals surface area contributed by atoms with Gasteiger partial charge in [0.1, 0.15) is 12.0 Å². The maximum absolute atomic E-state index is 10.7. The molecule has 1 aromatic carbocycles. The van der Waals surface area contributed by atoms with Crippen LogP contribution in [0.2, 0.25) is 0 Å². The van der Waals surface area contributed by atoms with Gasteiger partial charge in [-0.2, -0.15) is 0 Å². The number of rotatable bonds is 4. The molecular weight excluding hydrogens is 336 g/mol. The Morgan fingerprint density at radius 1 is 1.33 bits per heavy atom. The van der Waals surface area contributed by atoms with E-state index in [9.17, 15) is 10.1 Å². The fourth-order valence-corrected chi connectivity index (χ4v) is 2.78. The number of benzene rings is 1. The van der Waals surface area contributed by atoms with E-state index in [2.05, 4.69) is 49.7 Å². The van der Waals surface area contributed by atoms with Crippen molar-refractivity contribution in [2.45, 2.75) is 19.6 Å². The number of hydrogen-bond donors (Lipinski definition) is 2. The summed E-state index contributed by atoms with van der Waals surface area (Å²) in [6.07, 6.45) is 1.25. The quantitative estimate of drug-likeness (QED) is 0.655. The molecule has 0 atom stereocenters. The van der Waals surface area contributed by atoms with E-state index in [1.807, 2.05) is 0 Å². The Balaban J connectivity index is 1.71. The van der Waals surface area contributed by atoms with Gasteiger partial charge in [0.2, 0.25) is 0 Å². The summed E-state index contributed by atoms with van der Waals surface area (Å²) < 4.78 is 0.583. The molecule has 3 rings (SSSR count). The Bertz CT molecular complexity index is 705. The van der Waals surface area contributed by atoms with Crippen LogP contribution in [0.25, 0.3) is 0 Å². The summed E-state index contributed by atoms with van der Waals surface area (Å²) in [6.45, 7) is 2.46. The van der Waals surface area contributed by atoms with Gasteiger partial charge in [-0.25, -0.2) is 4.98 Å². The summed E-state index contributed by atoms with van der Waals surface area (Å²) in [6, 6.07) is 7.83. The third-order valence-corrected chi connectivity index (χ3v) is 4.00. The van der Waals surface area contributed by atoms with Crippen LogP contribution in [0.15, 0.2) is 34.9 Å². The highest BCUT2D eigenvalue weighted by Crippen LogP contribution is 2.25. The predicted molar refractivity (Wildman–Crippen MR) is 82.9 cm³/mol. The average molecular weight is 349 g/mol. The predicted octanol–water partition coefficient (Wildman–Crippen LogP) is 2.97. The van der Waals surface area contributed by atoms with Gasteiger partial charge in [0, 0.05) is 25.7 Å². The first-order chi connectivity index (χ1) is 10.1. The Morgan fingerprint density at radius 2 is 2.14 bits per heavy atom. The molecule has 0 spiro atoms. The summed E-state index contributed by atoms with van der Waals surface area (Å²) >= 11 is 3.30. The lowest BCUT2D eigenvalue weighted by atomic mass is 10.1. The molecule has 2 aromatic rings. The fraction of sp³-hybridized carbons (Fsp3) is 0.214. The molecule has 0 aliphatic carbocycles. The van der Waals surface area contributed by atoms with E-state index in [-0.39, 0.29) is 5.69 Å². The van der Waals surface area contributed by atoms with E-state index in [0.717, 1.165) is 18.7 Å². The SMILES string of the molecule is O=[N+]([O-])c1cnc(NCc2ccc3c(c2)CNC3)c(Br)c1. The second kappa shape index (κ2) is 5.79. The number of hydrogen-bond acceptors (Lipinski definition) is 5. The largest absolute Gasteiger partial charge is 0.365 e. The number of halogens is 1. The van der Waals surface area contributed by atoms with Crippen LogP contribution in [0.3, 0.4) is 0 Å². The molecule has 0 saturated heterocycles. The highest BCUT2D eigenvalue weighted by Gasteiger charge is 2.12. The molecule has 1 aliphatic heterocycles. The van der Waals surface area contributed by atoms with Crippen molar-refractivity contribution in [2.24, 2.45) is 0 Å². The third kappa shape index (κ3) is 3.03. The first kappa shape index (κ1) is 14.0. The Kier molecular flexibility index (Phi) is 3.85. The summed E-state index contributed by atoms with van der Waals surface area (Å²) in [5.74, 6) is 0.597. The Labute approximate surface area is 129 Å². The van der Waals surface area contributed by atoms with Crippen LogP contribution in [0.1, 0.15) is 16.7 Å². The first-order valence-corrected chi connectivity index (χ1v) is 7.28. The first-order valence-electron chi connectivity index (χ1n) is 6.48. The molecule has 0 fully saturated rings. The van der Waals surface area contributed by atoms with E-state index in [1.165, 1.54) is 23.4 Å². The zero-order valence-corrected chi connectivity index (χ0v) is 12.7. The summed E-state index contributed by atoms with van der Waals surface area (Å²) in [5.41, 5.74) is 3.79. The normalized spacial score (nSPS) is 13.0. The van der Waals surface area contributed by atoms with E-state index in [4.69, 9.17) is 0 Å². The monoisotopic (exact) mass is 348 g/mol. The second-order valence-corrected chi connectivity index (χ2v) is 5.70. The smallest absolute Gasteiger partial charge is 0.288 e. The number of nitrogens with one attached hydrogen (secondary N) is 2. The zero-order valence-electron chi connectivity index (χ0n) is 11.1. The van der Waals surface area contributed by atoms with Crippen molar-refractivity contribution in [3.63, 3.8) is 0 Å². The second-order valence-electron chi connectivity index (χ2n) is 4.84. The maximum Gasteiger partial charge on any atom is 0.288 e. The topological polar surface area (TPSA) is 80.1 Å². The molecule has 1 aliphatic rings. The van der Waals surface area contributed by atoms with Gasteiger partial charge in [0.05, 0.1) is 9.40 Å². The summed E-state index contributed by atoms with van der Waals surface area (Å²) in [4.78, 5) is 14.3. The van der Waals surface area contributed by atoms with Gasteiger partial charge in [-0.1, -0.05) is 18.2 Å². The van der Waals surface area contributed by atoms with Crippen LogP contribution < -0.4 is 10.6 Å². The maximum atomic E-state index is 10.7. The Morgan fingerprint density at radius 3 is 2.90 bits per heavy atom. The lowest BCUT2D eigenvalue weighted by Crippen LogP contribution is -2.03. The van der Waals surface area contributed by atoms with Gasteiger partial charge < -0.3 is 10.6 Å². The summed E-state index contributed by atoms with van der Waals surface area (Å²) in [7, 11) is 0. The highest BCUT2D eigenvalue weighted by atomic mass is 79.9. The van der Waals surface area contributed by atoms with Crippen LogP contribution >= 0.6 is 15.9 Å². The molecule has 0 radical (unpaired) electrons. The van der Waals surface area contributed by atoms with E-state index in [0.29, 0.717) is 16.8 Å². The standard InChI is InChI=1S/C14H13BrN4O2/c15-13-4-12(19(20)21)8-18-14(13)17-5-9-1-2-10-6-16-7-11(10)3-9/h1-4,8,16H,5-7H2,(H,17,18). The average Bonchev–Trinajstić information content (AvgIpc) is 2.93. The van der Waals surface area contributed by atoms with E-state index in [1.54, 1.807) is 0 Å². The molecule has 2 N–H and O–H groups in total. The van der Waals surface area contributed by atoms with Crippen molar-refractivity contribution in [1.82, 2.24) is 10.3 Å². The molecule has 1 aromatic heterocycles. The van der Waals surface area contributed by atoms with Crippen LogP contribution in [-0.4, -0.2) is 9.91 Å². The molecule has 0 bridgehead atoms. The minimum atomic E-state index is -0.463. The van der Waals surface area contributed by atoms with Crippen molar-refractivity contribution < 1.29 is 4.92 Å². The number of fused-ring (bicyclic) bond motifs is 1.